The minimum atomic E-state index is -1.30. The van der Waals surface area contributed by atoms with E-state index in [-0.39, 0.29) is 22.1 Å². The molecule has 0 aromatic heterocycles. The summed E-state index contributed by atoms with van der Waals surface area (Å²) >= 11 is 5.64. The second kappa shape index (κ2) is 8.41. The van der Waals surface area contributed by atoms with Gasteiger partial charge in [0.15, 0.2) is 18.2 Å². The molecule has 11 heteroatoms. The largest absolute Gasteiger partial charge is 0.494 e. The molecule has 0 saturated heterocycles. The van der Waals surface area contributed by atoms with Gasteiger partial charge in [-0.1, -0.05) is 11.6 Å². The molecule has 2 aromatic rings. The summed E-state index contributed by atoms with van der Waals surface area (Å²) in [5.41, 5.74) is -0.587. The number of amides is 1. The van der Waals surface area contributed by atoms with Crippen LogP contribution in [0.25, 0.3) is 0 Å². The van der Waals surface area contributed by atoms with Crippen LogP contribution in [0.3, 0.4) is 0 Å². The van der Waals surface area contributed by atoms with Crippen LogP contribution in [0.5, 0.6) is 5.75 Å². The molecule has 0 aliphatic carbocycles. The zero-order valence-corrected chi connectivity index (χ0v) is 14.4. The number of anilines is 1. The van der Waals surface area contributed by atoms with E-state index in [9.17, 15) is 28.5 Å². The molecule has 142 valence electrons. The lowest BCUT2D eigenvalue weighted by Gasteiger charge is -2.10. The summed E-state index contributed by atoms with van der Waals surface area (Å²) in [6, 6.07) is 4.64. The van der Waals surface area contributed by atoms with Crippen molar-refractivity contribution in [3.8, 4) is 5.75 Å². The SMILES string of the molecule is COc1cc([N+](=O)[O-])ccc1NC(=O)COC(=O)c1cc(F)c(F)cc1Cl. The van der Waals surface area contributed by atoms with Gasteiger partial charge in [0.2, 0.25) is 0 Å². The summed E-state index contributed by atoms with van der Waals surface area (Å²) in [5, 5.41) is 12.7. The van der Waals surface area contributed by atoms with Gasteiger partial charge in [0, 0.05) is 6.07 Å². The zero-order valence-electron chi connectivity index (χ0n) is 13.6. The number of nitro benzene ring substituents is 1. The number of nitro groups is 1. The van der Waals surface area contributed by atoms with Crippen LogP contribution in [-0.2, 0) is 9.53 Å². The molecular weight excluding hydrogens is 390 g/mol. The number of methoxy groups -OCH3 is 1. The van der Waals surface area contributed by atoms with Crippen molar-refractivity contribution in [3.63, 3.8) is 0 Å². The van der Waals surface area contributed by atoms with Crippen molar-refractivity contribution < 1.29 is 32.8 Å². The molecule has 0 bridgehead atoms. The first kappa shape index (κ1) is 20.0. The molecule has 27 heavy (non-hydrogen) atoms. The summed E-state index contributed by atoms with van der Waals surface area (Å²) in [6.07, 6.45) is 0. The first-order valence-electron chi connectivity index (χ1n) is 7.17. The van der Waals surface area contributed by atoms with E-state index in [1.54, 1.807) is 0 Å². The number of carbonyl (C=O) groups excluding carboxylic acids is 2. The molecule has 8 nitrogen and oxygen atoms in total. The average molecular weight is 401 g/mol. The number of esters is 1. The molecule has 0 aliphatic rings. The summed E-state index contributed by atoms with van der Waals surface area (Å²) in [7, 11) is 1.25. The van der Waals surface area contributed by atoms with Crippen molar-refractivity contribution in [3.05, 3.63) is 62.7 Å². The van der Waals surface area contributed by atoms with Gasteiger partial charge in [0.1, 0.15) is 5.75 Å². The molecule has 0 spiro atoms. The van der Waals surface area contributed by atoms with Gasteiger partial charge >= 0.3 is 5.97 Å². The normalized spacial score (nSPS) is 10.2. The van der Waals surface area contributed by atoms with Gasteiger partial charge < -0.3 is 14.8 Å². The third-order valence-corrected chi connectivity index (χ3v) is 3.55. The van der Waals surface area contributed by atoms with Gasteiger partial charge in [-0.2, -0.15) is 0 Å². The smallest absolute Gasteiger partial charge is 0.340 e. The van der Waals surface area contributed by atoms with Crippen LogP contribution in [0.1, 0.15) is 10.4 Å². The fourth-order valence-electron chi connectivity index (χ4n) is 1.97. The van der Waals surface area contributed by atoms with Gasteiger partial charge in [-0.3, -0.25) is 14.9 Å². The van der Waals surface area contributed by atoms with E-state index in [0.717, 1.165) is 12.1 Å². The number of non-ortho nitro benzene ring substituents is 1. The maximum Gasteiger partial charge on any atom is 0.340 e. The summed E-state index contributed by atoms with van der Waals surface area (Å²) < 4.78 is 35.8. The number of hydrogen-bond acceptors (Lipinski definition) is 6. The highest BCUT2D eigenvalue weighted by atomic mass is 35.5. The number of rotatable bonds is 6. The maximum atomic E-state index is 13.2. The number of benzene rings is 2. The van der Waals surface area contributed by atoms with Crippen molar-refractivity contribution in [2.75, 3.05) is 19.0 Å². The number of nitrogens with one attached hydrogen (secondary N) is 1. The molecule has 0 saturated carbocycles. The molecule has 0 unspecified atom stereocenters. The molecule has 0 atom stereocenters. The number of nitrogens with zero attached hydrogens (tertiary/aromatic N) is 1. The Morgan fingerprint density at radius 1 is 1.22 bits per heavy atom. The molecule has 0 aliphatic heterocycles. The van der Waals surface area contributed by atoms with Gasteiger partial charge in [0.05, 0.1) is 34.4 Å². The highest BCUT2D eigenvalue weighted by molar-refractivity contribution is 6.33. The fourth-order valence-corrected chi connectivity index (χ4v) is 2.20. The van der Waals surface area contributed by atoms with Crippen molar-refractivity contribution >= 4 is 34.9 Å². The van der Waals surface area contributed by atoms with Crippen molar-refractivity contribution in [1.82, 2.24) is 0 Å². The first-order valence-corrected chi connectivity index (χ1v) is 7.54. The van der Waals surface area contributed by atoms with E-state index in [2.05, 4.69) is 5.32 Å². The van der Waals surface area contributed by atoms with Crippen LogP contribution in [0, 0.1) is 21.7 Å². The lowest BCUT2D eigenvalue weighted by molar-refractivity contribution is -0.384. The van der Waals surface area contributed by atoms with Crippen molar-refractivity contribution in [2.24, 2.45) is 0 Å². The lowest BCUT2D eigenvalue weighted by Crippen LogP contribution is -2.21. The molecule has 2 aromatic carbocycles. The van der Waals surface area contributed by atoms with E-state index >= 15 is 0 Å². The molecular formula is C16H11ClF2N2O6. The Labute approximate surface area is 155 Å². The second-order valence-electron chi connectivity index (χ2n) is 5.01. The minimum absolute atomic E-state index is 0.0209. The van der Waals surface area contributed by atoms with E-state index < -0.39 is 40.6 Å². The predicted molar refractivity (Wildman–Crippen MR) is 89.9 cm³/mol. The van der Waals surface area contributed by atoms with Crippen LogP contribution in [0.4, 0.5) is 20.2 Å². The third kappa shape index (κ3) is 4.88. The maximum absolute atomic E-state index is 13.2. The molecule has 1 N–H and O–H groups in total. The summed E-state index contributed by atoms with van der Waals surface area (Å²) in [4.78, 5) is 33.8. The van der Waals surface area contributed by atoms with Crippen LogP contribution in [0.15, 0.2) is 30.3 Å². The van der Waals surface area contributed by atoms with Crippen LogP contribution in [0.2, 0.25) is 5.02 Å². The topological polar surface area (TPSA) is 108 Å². The summed E-state index contributed by atoms with van der Waals surface area (Å²) in [6.45, 7) is -0.770. The van der Waals surface area contributed by atoms with Crippen molar-refractivity contribution in [2.45, 2.75) is 0 Å². The van der Waals surface area contributed by atoms with Gasteiger partial charge in [-0.05, 0) is 18.2 Å². The van der Waals surface area contributed by atoms with Crippen LogP contribution >= 0.6 is 11.6 Å². The van der Waals surface area contributed by atoms with Gasteiger partial charge in [-0.25, -0.2) is 13.6 Å². The Balaban J connectivity index is 2.03. The lowest BCUT2D eigenvalue weighted by atomic mass is 10.2. The van der Waals surface area contributed by atoms with E-state index in [0.29, 0.717) is 12.1 Å². The van der Waals surface area contributed by atoms with Gasteiger partial charge in [0.25, 0.3) is 11.6 Å². The second-order valence-corrected chi connectivity index (χ2v) is 5.42. The van der Waals surface area contributed by atoms with Crippen LogP contribution < -0.4 is 10.1 Å². The number of ether oxygens (including phenoxy) is 2. The Bertz CT molecular complexity index is 922. The van der Waals surface area contributed by atoms with E-state index in [1.165, 1.54) is 13.2 Å². The highest BCUT2D eigenvalue weighted by Gasteiger charge is 2.18. The zero-order chi connectivity index (χ0) is 20.1. The standard InChI is InChI=1S/C16H11ClF2N2O6/c1-26-14-4-8(21(24)25)2-3-13(14)20-15(22)7-27-16(23)9-5-11(18)12(19)6-10(9)17/h2-6H,7H2,1H3,(H,20,22). The molecule has 0 heterocycles. The first-order chi connectivity index (χ1) is 12.7. The Morgan fingerprint density at radius 3 is 2.52 bits per heavy atom. The minimum Gasteiger partial charge on any atom is -0.494 e. The Hall–Kier alpha value is -3.27. The van der Waals surface area contributed by atoms with E-state index in [1.807, 2.05) is 0 Å². The molecule has 1 amide bonds. The number of carbonyl (C=O) groups is 2. The Morgan fingerprint density at radius 2 is 1.89 bits per heavy atom. The fraction of sp³-hybridized carbons (Fsp3) is 0.125. The quantitative estimate of drug-likeness (QED) is 0.345. The predicted octanol–water partition coefficient (Wildman–Crippen LogP) is 3.33. The van der Waals surface area contributed by atoms with Crippen molar-refractivity contribution in [1.29, 1.82) is 0 Å². The third-order valence-electron chi connectivity index (χ3n) is 3.23. The molecule has 2 rings (SSSR count). The number of halogens is 3. The highest BCUT2D eigenvalue weighted by Crippen LogP contribution is 2.29. The average Bonchev–Trinajstić information content (AvgIpc) is 2.62. The monoisotopic (exact) mass is 400 g/mol. The molecule has 0 radical (unpaired) electrons. The number of hydrogen-bond donors (Lipinski definition) is 1. The molecule has 0 fully saturated rings. The van der Waals surface area contributed by atoms with Crippen LogP contribution in [-0.4, -0.2) is 30.5 Å². The van der Waals surface area contributed by atoms with Gasteiger partial charge in [-0.15, -0.1) is 0 Å². The summed E-state index contributed by atoms with van der Waals surface area (Å²) in [5.74, 6) is -4.45. The van der Waals surface area contributed by atoms with E-state index in [4.69, 9.17) is 21.1 Å². The Kier molecular flexibility index (Phi) is 6.24.